The summed E-state index contributed by atoms with van der Waals surface area (Å²) in [5, 5.41) is 7.65. The van der Waals surface area contributed by atoms with Gasteiger partial charge in [0, 0.05) is 44.2 Å². The standard InChI is InChI=1S/C38H32BrN5O6/c1-17(2)27-34-43-30(35-42-29(36(46)47-4)31(49-35)21-16-40-25-11-6-5-8-20(21)25)32(50-34)38-22-9-7-10-24(39)28(22)44-37(38)48-26-13-12-19(15-23(26)38)14-18(3)33(45)41-27/h5-13,15-18,27,37,40,44H,14H2,1-4H3,(H,41,45)/t18?,27-,37-,38?/m0/s1. The zero-order valence-electron chi connectivity index (χ0n) is 27.6. The average Bonchev–Trinajstić information content (AvgIpc) is 3.92. The van der Waals surface area contributed by atoms with Crippen molar-refractivity contribution in [2.24, 2.45) is 11.8 Å². The molecule has 4 bridgehead atoms. The average molecular weight is 735 g/mol. The third kappa shape index (κ3) is 4.27. The Bertz CT molecular complexity index is 2370. The number of halogens is 1. The molecule has 1 amide bonds. The number of carbonyl (C=O) groups is 2. The first-order chi connectivity index (χ1) is 24.2. The minimum absolute atomic E-state index is 0.00435. The number of amides is 1. The molecule has 6 heterocycles. The van der Waals surface area contributed by atoms with E-state index in [0.717, 1.165) is 37.8 Å². The Kier molecular flexibility index (Phi) is 6.80. The van der Waals surface area contributed by atoms with Gasteiger partial charge in [-0.15, -0.1) is 0 Å². The number of benzene rings is 3. The molecular weight excluding hydrogens is 702 g/mol. The lowest BCUT2D eigenvalue weighted by Crippen LogP contribution is -2.40. The molecule has 0 radical (unpaired) electrons. The molecule has 1 spiro atoms. The molecule has 3 aliphatic heterocycles. The van der Waals surface area contributed by atoms with Crippen molar-refractivity contribution in [3.05, 3.63) is 105 Å². The van der Waals surface area contributed by atoms with E-state index < -0.39 is 23.7 Å². The number of esters is 1. The van der Waals surface area contributed by atoms with E-state index >= 15 is 0 Å². The van der Waals surface area contributed by atoms with Gasteiger partial charge in [-0.05, 0) is 52.0 Å². The van der Waals surface area contributed by atoms with E-state index in [4.69, 9.17) is 28.3 Å². The topological polar surface area (TPSA) is 145 Å². The molecule has 0 saturated heterocycles. The molecular formula is C38H32BrN5O6. The van der Waals surface area contributed by atoms with Gasteiger partial charge in [-0.3, -0.25) is 4.79 Å². The predicted molar refractivity (Wildman–Crippen MR) is 188 cm³/mol. The molecule has 3 aliphatic rings. The van der Waals surface area contributed by atoms with Gasteiger partial charge in [0.05, 0.1) is 12.8 Å². The second-order valence-electron chi connectivity index (χ2n) is 13.4. The van der Waals surface area contributed by atoms with Crippen molar-refractivity contribution in [1.29, 1.82) is 0 Å². The number of hydrogen-bond donors (Lipinski definition) is 3. The lowest BCUT2D eigenvalue weighted by atomic mass is 9.72. The number of methoxy groups -OCH3 is 1. The molecule has 2 unspecified atom stereocenters. The van der Waals surface area contributed by atoms with Gasteiger partial charge < -0.3 is 33.9 Å². The van der Waals surface area contributed by atoms with E-state index in [0.29, 0.717) is 29.4 Å². The number of carbonyl (C=O) groups excluding carboxylic acids is 2. The Hall–Kier alpha value is -5.36. The fourth-order valence-electron chi connectivity index (χ4n) is 7.63. The summed E-state index contributed by atoms with van der Waals surface area (Å²) in [7, 11) is 1.31. The summed E-state index contributed by atoms with van der Waals surface area (Å²) in [4.78, 5) is 40.1. The van der Waals surface area contributed by atoms with Crippen LogP contribution >= 0.6 is 15.9 Å². The maximum Gasteiger partial charge on any atom is 0.360 e. The molecule has 3 aromatic heterocycles. The minimum atomic E-state index is -1.06. The van der Waals surface area contributed by atoms with Crippen LogP contribution in [0.2, 0.25) is 0 Å². The van der Waals surface area contributed by atoms with Gasteiger partial charge in [0.15, 0.2) is 29.1 Å². The summed E-state index contributed by atoms with van der Waals surface area (Å²) in [6, 6.07) is 19.2. The van der Waals surface area contributed by atoms with Crippen LogP contribution in [-0.4, -0.2) is 40.2 Å². The summed E-state index contributed by atoms with van der Waals surface area (Å²) in [6.07, 6.45) is 1.68. The Labute approximate surface area is 294 Å². The normalized spacial score (nSPS) is 21.9. The quantitative estimate of drug-likeness (QED) is 0.157. The third-order valence-corrected chi connectivity index (χ3v) is 10.7. The number of aromatic nitrogens is 3. The molecule has 4 atom stereocenters. The minimum Gasteiger partial charge on any atom is -0.469 e. The molecule has 0 fully saturated rings. The largest absolute Gasteiger partial charge is 0.469 e. The van der Waals surface area contributed by atoms with Crippen LogP contribution in [0.5, 0.6) is 5.75 Å². The number of anilines is 1. The van der Waals surface area contributed by atoms with Crippen molar-refractivity contribution in [2.45, 2.75) is 44.9 Å². The Morgan fingerprint density at radius 2 is 1.88 bits per heavy atom. The molecule has 9 rings (SSSR count). The number of rotatable bonds is 4. The summed E-state index contributed by atoms with van der Waals surface area (Å²) < 4.78 is 26.3. The van der Waals surface area contributed by atoms with Crippen LogP contribution in [0.4, 0.5) is 5.69 Å². The number of nitrogens with one attached hydrogen (secondary N) is 3. The van der Waals surface area contributed by atoms with Gasteiger partial charge in [0.1, 0.15) is 17.2 Å². The molecule has 12 heteroatoms. The smallest absolute Gasteiger partial charge is 0.360 e. The Morgan fingerprint density at radius 3 is 2.70 bits per heavy atom. The maximum absolute atomic E-state index is 13.6. The molecule has 0 saturated carbocycles. The van der Waals surface area contributed by atoms with Crippen LogP contribution in [0.1, 0.15) is 65.6 Å². The predicted octanol–water partition coefficient (Wildman–Crippen LogP) is 7.51. The molecule has 3 aromatic carbocycles. The van der Waals surface area contributed by atoms with Gasteiger partial charge in [0.25, 0.3) is 0 Å². The maximum atomic E-state index is 13.6. The van der Waals surface area contributed by atoms with Gasteiger partial charge >= 0.3 is 5.97 Å². The number of ether oxygens (including phenoxy) is 2. The van der Waals surface area contributed by atoms with Gasteiger partial charge in [0.2, 0.25) is 17.7 Å². The van der Waals surface area contributed by atoms with Crippen LogP contribution < -0.4 is 15.4 Å². The highest BCUT2D eigenvalue weighted by atomic mass is 79.9. The number of para-hydroxylation sites is 2. The third-order valence-electron chi connectivity index (χ3n) is 10.1. The number of aromatic amines is 1. The van der Waals surface area contributed by atoms with Gasteiger partial charge in [-0.1, -0.05) is 63.2 Å². The summed E-state index contributed by atoms with van der Waals surface area (Å²) in [5.74, 6) is 0.483. The van der Waals surface area contributed by atoms with Crippen LogP contribution in [-0.2, 0) is 21.4 Å². The molecule has 0 aliphatic carbocycles. The van der Waals surface area contributed by atoms with Crippen LogP contribution in [0, 0.1) is 11.8 Å². The van der Waals surface area contributed by atoms with Crippen molar-refractivity contribution in [1.82, 2.24) is 20.3 Å². The van der Waals surface area contributed by atoms with E-state index in [1.807, 2.05) is 75.4 Å². The van der Waals surface area contributed by atoms with Crippen molar-refractivity contribution in [3.63, 3.8) is 0 Å². The van der Waals surface area contributed by atoms with E-state index in [1.54, 1.807) is 6.20 Å². The lowest BCUT2D eigenvalue weighted by Gasteiger charge is -2.28. The first kappa shape index (κ1) is 30.7. The monoisotopic (exact) mass is 733 g/mol. The highest BCUT2D eigenvalue weighted by Crippen LogP contribution is 2.60. The molecule has 252 valence electrons. The second kappa shape index (κ2) is 11.1. The first-order valence-electron chi connectivity index (χ1n) is 16.5. The Balaban J connectivity index is 1.37. The van der Waals surface area contributed by atoms with Crippen molar-refractivity contribution in [3.8, 4) is 28.7 Å². The number of oxazole rings is 2. The van der Waals surface area contributed by atoms with Gasteiger partial charge in [-0.25, -0.2) is 9.78 Å². The fraction of sp³-hybridized carbons (Fsp3) is 0.263. The van der Waals surface area contributed by atoms with Gasteiger partial charge in [-0.2, -0.15) is 4.98 Å². The van der Waals surface area contributed by atoms with E-state index in [-0.39, 0.29) is 40.8 Å². The second-order valence-corrected chi connectivity index (χ2v) is 14.3. The highest BCUT2D eigenvalue weighted by molar-refractivity contribution is 9.10. The van der Waals surface area contributed by atoms with Crippen molar-refractivity contribution < 1.29 is 27.9 Å². The Morgan fingerprint density at radius 1 is 1.04 bits per heavy atom. The SMILES string of the molecule is COC(=O)c1nc(-c2nc3oc2C24c5cc(ccc5O[C@@H]2Nc2c(Br)cccc24)CC(C)C(=O)N[C@H]3C(C)C)oc1-c1c[nH]c2ccccc12. The number of fused-ring (bicyclic) bond motifs is 5. The molecule has 6 aromatic rings. The molecule has 11 nitrogen and oxygen atoms in total. The number of H-pyrrole nitrogens is 1. The molecule has 3 N–H and O–H groups in total. The van der Waals surface area contributed by atoms with Crippen LogP contribution in [0.25, 0.3) is 33.8 Å². The summed E-state index contributed by atoms with van der Waals surface area (Å²) >= 11 is 3.75. The van der Waals surface area contributed by atoms with Crippen molar-refractivity contribution in [2.75, 3.05) is 12.4 Å². The number of hydrogen-bond acceptors (Lipinski definition) is 9. The zero-order valence-corrected chi connectivity index (χ0v) is 29.2. The first-order valence-corrected chi connectivity index (χ1v) is 17.3. The summed E-state index contributed by atoms with van der Waals surface area (Å²) in [6.45, 7) is 5.93. The van der Waals surface area contributed by atoms with E-state index in [9.17, 15) is 9.59 Å². The van der Waals surface area contributed by atoms with Crippen LogP contribution in [0.3, 0.4) is 0 Å². The van der Waals surface area contributed by atoms with E-state index in [1.165, 1.54) is 7.11 Å². The zero-order chi connectivity index (χ0) is 34.5. The van der Waals surface area contributed by atoms with Crippen molar-refractivity contribution >= 4 is 44.4 Å². The molecule has 50 heavy (non-hydrogen) atoms. The summed E-state index contributed by atoms with van der Waals surface area (Å²) in [5.41, 5.74) is 4.33. The lowest BCUT2D eigenvalue weighted by molar-refractivity contribution is -0.125. The van der Waals surface area contributed by atoms with Crippen LogP contribution in [0.15, 0.2) is 80.2 Å². The van der Waals surface area contributed by atoms with E-state index in [2.05, 4.69) is 37.6 Å². The number of nitrogens with zero attached hydrogens (tertiary/aromatic N) is 2. The fourth-order valence-corrected chi connectivity index (χ4v) is 8.11. The highest BCUT2D eigenvalue weighted by Gasteiger charge is 2.61.